The summed E-state index contributed by atoms with van der Waals surface area (Å²) >= 11 is 12.7. The summed E-state index contributed by atoms with van der Waals surface area (Å²) in [4.78, 5) is 48.5. The third kappa shape index (κ3) is 7.95. The number of carbonyl (C=O) groups is 3. The molecular formula is C41H42Cl2N4O3. The van der Waals surface area contributed by atoms with Gasteiger partial charge >= 0.3 is 0 Å². The molecule has 0 saturated heterocycles. The van der Waals surface area contributed by atoms with Gasteiger partial charge in [-0.1, -0.05) is 135 Å². The number of nitrogens with zero attached hydrogens (tertiary/aromatic N) is 2. The number of nitrogens with one attached hydrogen (secondary N) is 1. The fourth-order valence-corrected chi connectivity index (χ4v) is 7.52. The van der Waals surface area contributed by atoms with E-state index in [0.717, 1.165) is 59.9 Å². The smallest absolute Gasteiger partial charge is 0.272 e. The minimum Gasteiger partial charge on any atom is -0.369 e. The predicted molar refractivity (Wildman–Crippen MR) is 201 cm³/mol. The predicted octanol–water partition coefficient (Wildman–Crippen LogP) is 8.59. The number of para-hydroxylation sites is 1. The zero-order valence-corrected chi connectivity index (χ0v) is 29.7. The summed E-state index contributed by atoms with van der Waals surface area (Å²) in [5, 5.41) is 4.09. The molecule has 0 spiro atoms. The van der Waals surface area contributed by atoms with E-state index in [9.17, 15) is 14.4 Å². The summed E-state index contributed by atoms with van der Waals surface area (Å²) in [6.45, 7) is 2.26. The van der Waals surface area contributed by atoms with Crippen molar-refractivity contribution in [2.45, 2.75) is 64.6 Å². The van der Waals surface area contributed by atoms with Crippen molar-refractivity contribution in [3.8, 4) is 11.1 Å². The number of halogens is 2. The molecule has 2 aliphatic rings. The van der Waals surface area contributed by atoms with Crippen LogP contribution in [0.4, 0.5) is 5.69 Å². The monoisotopic (exact) mass is 708 g/mol. The van der Waals surface area contributed by atoms with Crippen LogP contribution in [0.2, 0.25) is 10.0 Å². The molecule has 7 nitrogen and oxygen atoms in total. The molecule has 1 aliphatic carbocycles. The SMILES string of the molecule is CCCC[C@H](C(N)=O)[C@@H](CC1CCC1)C(=O)NC1N=C(c2ccccc2)c2ccccc2N(Cc2cccc(-c3ccc(Cl)cc3Cl)c2)C1=O. The van der Waals surface area contributed by atoms with Crippen LogP contribution in [0, 0.1) is 17.8 Å². The van der Waals surface area contributed by atoms with Crippen LogP contribution in [-0.2, 0) is 20.9 Å². The zero-order valence-electron chi connectivity index (χ0n) is 28.2. The quantitative estimate of drug-likeness (QED) is 0.145. The van der Waals surface area contributed by atoms with Gasteiger partial charge in [-0.25, -0.2) is 4.99 Å². The molecule has 0 aromatic heterocycles. The van der Waals surface area contributed by atoms with E-state index < -0.39 is 23.9 Å². The first-order chi connectivity index (χ1) is 24.2. The molecule has 3 atom stereocenters. The van der Waals surface area contributed by atoms with Crippen LogP contribution in [0.3, 0.4) is 0 Å². The number of fused-ring (bicyclic) bond motifs is 1. The van der Waals surface area contributed by atoms with Gasteiger partial charge in [0.15, 0.2) is 0 Å². The lowest BCUT2D eigenvalue weighted by atomic mass is 9.73. The Labute approximate surface area is 303 Å². The van der Waals surface area contributed by atoms with Crippen molar-refractivity contribution in [2.75, 3.05) is 4.90 Å². The minimum atomic E-state index is -1.23. The lowest BCUT2D eigenvalue weighted by Gasteiger charge is -2.33. The van der Waals surface area contributed by atoms with Gasteiger partial charge in [0, 0.05) is 38.6 Å². The first-order valence-electron chi connectivity index (χ1n) is 17.4. The van der Waals surface area contributed by atoms with E-state index in [1.807, 2.05) is 84.9 Å². The van der Waals surface area contributed by atoms with Crippen LogP contribution in [-0.4, -0.2) is 29.6 Å². The van der Waals surface area contributed by atoms with Crippen molar-refractivity contribution in [2.24, 2.45) is 28.5 Å². The summed E-state index contributed by atoms with van der Waals surface area (Å²) in [6.07, 6.45) is 4.66. The van der Waals surface area contributed by atoms with Crippen LogP contribution in [0.15, 0.2) is 102 Å². The highest BCUT2D eigenvalue weighted by atomic mass is 35.5. The van der Waals surface area contributed by atoms with E-state index in [1.54, 1.807) is 17.0 Å². The highest BCUT2D eigenvalue weighted by Crippen LogP contribution is 2.37. The Hall–Kier alpha value is -4.46. The number of primary amides is 1. The Kier molecular flexibility index (Phi) is 11.4. The van der Waals surface area contributed by atoms with Gasteiger partial charge in [-0.15, -0.1) is 0 Å². The average Bonchev–Trinajstić information content (AvgIpc) is 3.20. The second kappa shape index (κ2) is 16.0. The van der Waals surface area contributed by atoms with Gasteiger partial charge in [0.05, 0.1) is 17.9 Å². The Balaban J connectivity index is 1.39. The summed E-state index contributed by atoms with van der Waals surface area (Å²) in [5.41, 5.74) is 11.4. The summed E-state index contributed by atoms with van der Waals surface area (Å²) < 4.78 is 0. The number of amides is 3. The number of hydrogen-bond donors (Lipinski definition) is 2. The molecule has 50 heavy (non-hydrogen) atoms. The van der Waals surface area contributed by atoms with E-state index >= 15 is 0 Å². The largest absolute Gasteiger partial charge is 0.369 e. The fraction of sp³-hybridized carbons (Fsp3) is 0.317. The number of hydrogen-bond acceptors (Lipinski definition) is 4. The summed E-state index contributed by atoms with van der Waals surface area (Å²) in [7, 11) is 0. The molecule has 0 bridgehead atoms. The van der Waals surface area contributed by atoms with E-state index in [1.165, 1.54) is 0 Å². The molecule has 4 aromatic rings. The Morgan fingerprint density at radius 3 is 2.34 bits per heavy atom. The van der Waals surface area contributed by atoms with Crippen LogP contribution in [0.25, 0.3) is 11.1 Å². The van der Waals surface area contributed by atoms with E-state index in [2.05, 4.69) is 12.2 Å². The van der Waals surface area contributed by atoms with Crippen LogP contribution >= 0.6 is 23.2 Å². The second-order valence-corrected chi connectivity index (χ2v) is 14.2. The molecule has 3 amide bonds. The van der Waals surface area contributed by atoms with Crippen molar-refractivity contribution in [3.63, 3.8) is 0 Å². The van der Waals surface area contributed by atoms with Gasteiger partial charge < -0.3 is 16.0 Å². The number of benzene rings is 4. The van der Waals surface area contributed by atoms with Crippen molar-refractivity contribution >= 4 is 52.3 Å². The highest BCUT2D eigenvalue weighted by molar-refractivity contribution is 6.36. The number of benzodiazepines with no additional fused rings is 1. The third-order valence-electron chi connectivity index (χ3n) is 9.91. The van der Waals surface area contributed by atoms with Crippen molar-refractivity contribution < 1.29 is 14.4 Å². The summed E-state index contributed by atoms with van der Waals surface area (Å²) in [5.74, 6) is -2.13. The topological polar surface area (TPSA) is 105 Å². The van der Waals surface area contributed by atoms with Gasteiger partial charge in [0.2, 0.25) is 18.0 Å². The van der Waals surface area contributed by atoms with Crippen molar-refractivity contribution in [3.05, 3.63) is 124 Å². The van der Waals surface area contributed by atoms with Gasteiger partial charge in [-0.2, -0.15) is 0 Å². The number of nitrogens with two attached hydrogens (primary N) is 1. The summed E-state index contributed by atoms with van der Waals surface area (Å²) in [6, 6.07) is 30.6. The number of anilines is 1. The van der Waals surface area contributed by atoms with Gasteiger partial charge in [-0.3, -0.25) is 14.4 Å². The fourth-order valence-electron chi connectivity index (χ4n) is 7.01. The minimum absolute atomic E-state index is 0.213. The Bertz CT molecular complexity index is 1890. The number of unbranched alkanes of at least 4 members (excludes halogenated alkanes) is 1. The first kappa shape index (κ1) is 35.4. The maximum absolute atomic E-state index is 14.7. The lowest BCUT2D eigenvalue weighted by molar-refractivity contribution is -0.136. The molecule has 1 heterocycles. The molecule has 4 aromatic carbocycles. The average molecular weight is 710 g/mol. The molecule has 6 rings (SSSR count). The Morgan fingerprint density at radius 2 is 1.64 bits per heavy atom. The first-order valence-corrected chi connectivity index (χ1v) is 18.2. The van der Waals surface area contributed by atoms with Crippen LogP contribution < -0.4 is 16.0 Å². The molecule has 1 aliphatic heterocycles. The van der Waals surface area contributed by atoms with E-state index in [0.29, 0.717) is 40.2 Å². The molecule has 1 fully saturated rings. The van der Waals surface area contributed by atoms with E-state index in [-0.39, 0.29) is 18.4 Å². The highest BCUT2D eigenvalue weighted by Gasteiger charge is 2.39. The maximum atomic E-state index is 14.7. The standard InChI is InChI=1S/C41H42Cl2N4O3/c1-2-3-17-32(38(44)48)34(23-26-11-9-12-26)40(49)46-39-41(50)47(25-27-13-10-16-29(22-27)31-21-20-30(42)24-35(31)43)36-19-8-7-18-33(36)37(45-39)28-14-5-4-6-15-28/h4-8,10,13-16,18-22,24,26,32,34,39H,2-3,9,11-12,17,23,25H2,1H3,(H2,44,48)(H,46,49)/t32-,34+,39?/m0/s1. The van der Waals surface area contributed by atoms with Gasteiger partial charge in [0.1, 0.15) is 0 Å². The van der Waals surface area contributed by atoms with Gasteiger partial charge in [-0.05, 0) is 54.2 Å². The molecule has 9 heteroatoms. The number of rotatable bonds is 13. The van der Waals surface area contributed by atoms with Crippen molar-refractivity contribution in [1.82, 2.24) is 5.32 Å². The normalized spacial score (nSPS) is 17.2. The Morgan fingerprint density at radius 1 is 0.900 bits per heavy atom. The van der Waals surface area contributed by atoms with Gasteiger partial charge in [0.25, 0.3) is 5.91 Å². The van der Waals surface area contributed by atoms with Crippen molar-refractivity contribution in [1.29, 1.82) is 0 Å². The molecule has 1 unspecified atom stereocenters. The molecule has 3 N–H and O–H groups in total. The lowest BCUT2D eigenvalue weighted by Crippen LogP contribution is -2.51. The number of carbonyl (C=O) groups excluding carboxylic acids is 3. The van der Waals surface area contributed by atoms with Crippen LogP contribution in [0.1, 0.15) is 68.6 Å². The maximum Gasteiger partial charge on any atom is 0.272 e. The second-order valence-electron chi connectivity index (χ2n) is 13.3. The molecule has 258 valence electrons. The number of aliphatic imine (C=N–C) groups is 1. The van der Waals surface area contributed by atoms with Crippen LogP contribution in [0.5, 0.6) is 0 Å². The van der Waals surface area contributed by atoms with E-state index in [4.69, 9.17) is 33.9 Å². The third-order valence-corrected chi connectivity index (χ3v) is 10.5. The zero-order chi connectivity index (χ0) is 35.2. The molecule has 0 radical (unpaired) electrons. The molecule has 1 saturated carbocycles. The molecular weight excluding hydrogens is 667 g/mol.